The number of benzene rings is 1. The van der Waals surface area contributed by atoms with Crippen molar-refractivity contribution < 1.29 is 27.1 Å². The minimum absolute atomic E-state index is 0. The summed E-state index contributed by atoms with van der Waals surface area (Å²) in [6.07, 6.45) is 4.39. The number of sulfone groups is 1. The lowest BCUT2D eigenvalue weighted by atomic mass is 10.1. The fraction of sp³-hybridized carbons (Fsp3) is 0.391. The summed E-state index contributed by atoms with van der Waals surface area (Å²) in [7, 11) is -3.54. The smallest absolute Gasteiger partial charge is 0.410 e. The highest BCUT2D eigenvalue weighted by Crippen LogP contribution is 2.32. The number of fused-ring (bicyclic) bond motifs is 1. The third-order valence-electron chi connectivity index (χ3n) is 5.46. The Morgan fingerprint density at radius 1 is 1.14 bits per heavy atom. The van der Waals surface area contributed by atoms with Gasteiger partial charge in [-0.05, 0) is 38.1 Å². The zero-order valence-corrected chi connectivity index (χ0v) is 21.1. The van der Waals surface area contributed by atoms with Gasteiger partial charge in [0, 0.05) is 43.9 Å². The Morgan fingerprint density at radius 3 is 2.49 bits per heavy atom. The summed E-state index contributed by atoms with van der Waals surface area (Å²) in [5.74, 6) is -0.380. The molecule has 0 radical (unpaired) electrons. The number of amides is 1. The third-order valence-corrected chi connectivity index (χ3v) is 6.57. The summed E-state index contributed by atoms with van der Waals surface area (Å²) in [6, 6.07) is 5.38. The second-order valence-electron chi connectivity index (χ2n) is 8.39. The van der Waals surface area contributed by atoms with Gasteiger partial charge in [0.25, 0.3) is 0 Å². The first-order chi connectivity index (χ1) is 16.1. The van der Waals surface area contributed by atoms with Gasteiger partial charge in [0.1, 0.15) is 23.8 Å². The molecule has 0 saturated carbocycles. The van der Waals surface area contributed by atoms with Gasteiger partial charge in [0.15, 0.2) is 9.84 Å². The SMILES string of the molecule is CC(C)OC(=O)N1CCC(Oc2ncnc3c(-c4ccc(S(C)(=O)=O)cc4F)nccc23)CC1.Cl. The summed E-state index contributed by atoms with van der Waals surface area (Å²) in [5.41, 5.74) is 0.768. The van der Waals surface area contributed by atoms with E-state index in [0.29, 0.717) is 42.7 Å². The van der Waals surface area contributed by atoms with Crippen LogP contribution in [0.3, 0.4) is 0 Å². The number of nitrogens with zero attached hydrogens (tertiary/aromatic N) is 4. The van der Waals surface area contributed by atoms with Crippen LogP contribution < -0.4 is 4.74 Å². The summed E-state index contributed by atoms with van der Waals surface area (Å²) in [4.78, 5) is 26.5. The molecule has 0 bridgehead atoms. The monoisotopic (exact) mass is 524 g/mol. The van der Waals surface area contributed by atoms with Crippen molar-refractivity contribution in [2.75, 3.05) is 19.3 Å². The number of rotatable bonds is 5. The van der Waals surface area contributed by atoms with Gasteiger partial charge in [-0.2, -0.15) is 0 Å². The van der Waals surface area contributed by atoms with Crippen LogP contribution in [0.15, 0.2) is 41.7 Å². The van der Waals surface area contributed by atoms with E-state index in [0.717, 1.165) is 12.3 Å². The van der Waals surface area contributed by atoms with Crippen LogP contribution in [0.2, 0.25) is 0 Å². The van der Waals surface area contributed by atoms with E-state index < -0.39 is 15.7 Å². The molecule has 1 aliphatic rings. The minimum atomic E-state index is -3.54. The van der Waals surface area contributed by atoms with Gasteiger partial charge in [0.2, 0.25) is 5.88 Å². The van der Waals surface area contributed by atoms with Crippen LogP contribution >= 0.6 is 12.4 Å². The number of pyridine rings is 1. The maximum atomic E-state index is 14.8. The third kappa shape index (κ3) is 5.96. The molecule has 1 saturated heterocycles. The molecule has 1 amide bonds. The zero-order valence-electron chi connectivity index (χ0n) is 19.5. The number of carbonyl (C=O) groups is 1. The Morgan fingerprint density at radius 2 is 1.86 bits per heavy atom. The van der Waals surface area contributed by atoms with Crippen LogP contribution in [0.5, 0.6) is 5.88 Å². The van der Waals surface area contributed by atoms with E-state index in [9.17, 15) is 17.6 Å². The summed E-state index contributed by atoms with van der Waals surface area (Å²) < 4.78 is 49.7. The molecule has 1 aliphatic heterocycles. The lowest BCUT2D eigenvalue weighted by Gasteiger charge is -2.31. The van der Waals surface area contributed by atoms with E-state index in [1.807, 2.05) is 13.8 Å². The second-order valence-corrected chi connectivity index (χ2v) is 10.4. The molecule has 35 heavy (non-hydrogen) atoms. The Balaban J connectivity index is 0.00000342. The van der Waals surface area contributed by atoms with Crippen LogP contribution in [-0.2, 0) is 14.6 Å². The van der Waals surface area contributed by atoms with Crippen LogP contribution in [0.1, 0.15) is 26.7 Å². The van der Waals surface area contributed by atoms with Crippen LogP contribution in [-0.4, -0.2) is 65.9 Å². The van der Waals surface area contributed by atoms with Gasteiger partial charge < -0.3 is 14.4 Å². The predicted molar refractivity (Wildman–Crippen MR) is 130 cm³/mol. The zero-order chi connectivity index (χ0) is 24.5. The van der Waals surface area contributed by atoms with Crippen molar-refractivity contribution in [2.45, 2.75) is 43.8 Å². The van der Waals surface area contributed by atoms with E-state index in [-0.39, 0.29) is 46.9 Å². The average Bonchev–Trinajstić information content (AvgIpc) is 2.78. The number of hydrogen-bond donors (Lipinski definition) is 0. The normalized spacial score (nSPS) is 14.6. The molecular formula is C23H26ClFN4O5S. The Hall–Kier alpha value is -3.05. The van der Waals surface area contributed by atoms with Crippen molar-refractivity contribution in [1.29, 1.82) is 0 Å². The second kappa shape index (κ2) is 10.7. The lowest BCUT2D eigenvalue weighted by molar-refractivity contribution is 0.0511. The molecule has 0 spiro atoms. The topological polar surface area (TPSA) is 112 Å². The van der Waals surface area contributed by atoms with E-state index in [1.54, 1.807) is 11.0 Å². The van der Waals surface area contributed by atoms with Crippen molar-refractivity contribution in [1.82, 2.24) is 19.9 Å². The maximum absolute atomic E-state index is 14.8. The summed E-state index contributed by atoms with van der Waals surface area (Å²) >= 11 is 0. The summed E-state index contributed by atoms with van der Waals surface area (Å²) in [6.45, 7) is 4.62. The number of ether oxygens (including phenoxy) is 2. The molecule has 3 aromatic rings. The maximum Gasteiger partial charge on any atom is 0.410 e. The predicted octanol–water partition coefficient (Wildman–Crippen LogP) is 4.04. The fourth-order valence-corrected chi connectivity index (χ4v) is 4.40. The highest BCUT2D eigenvalue weighted by Gasteiger charge is 2.26. The Labute approximate surface area is 209 Å². The number of carbonyl (C=O) groups excluding carboxylic acids is 1. The molecule has 9 nitrogen and oxygen atoms in total. The first-order valence-corrected chi connectivity index (χ1v) is 12.7. The van der Waals surface area contributed by atoms with E-state index >= 15 is 0 Å². The quantitative estimate of drug-likeness (QED) is 0.491. The molecule has 1 aromatic carbocycles. The molecule has 3 heterocycles. The van der Waals surface area contributed by atoms with Crippen molar-refractivity contribution >= 4 is 39.2 Å². The summed E-state index contributed by atoms with van der Waals surface area (Å²) in [5, 5.41) is 0.556. The van der Waals surface area contributed by atoms with Crippen molar-refractivity contribution in [3.05, 3.63) is 42.6 Å². The first kappa shape index (κ1) is 26.6. The molecule has 12 heteroatoms. The average molecular weight is 525 g/mol. The molecule has 188 valence electrons. The molecule has 2 aromatic heterocycles. The molecular weight excluding hydrogens is 499 g/mol. The molecule has 0 N–H and O–H groups in total. The van der Waals surface area contributed by atoms with Gasteiger partial charge in [-0.1, -0.05) is 0 Å². The van der Waals surface area contributed by atoms with Crippen LogP contribution in [0.25, 0.3) is 22.2 Å². The van der Waals surface area contributed by atoms with Gasteiger partial charge in [-0.15, -0.1) is 12.4 Å². The van der Waals surface area contributed by atoms with Crippen LogP contribution in [0.4, 0.5) is 9.18 Å². The molecule has 0 atom stereocenters. The van der Waals surface area contributed by atoms with Crippen LogP contribution in [0, 0.1) is 5.82 Å². The number of hydrogen-bond acceptors (Lipinski definition) is 8. The highest BCUT2D eigenvalue weighted by molar-refractivity contribution is 7.90. The van der Waals surface area contributed by atoms with Gasteiger partial charge in [-0.25, -0.2) is 27.6 Å². The van der Waals surface area contributed by atoms with Crippen molar-refractivity contribution in [3.8, 4) is 17.1 Å². The minimum Gasteiger partial charge on any atom is -0.474 e. The number of halogens is 2. The number of likely N-dealkylation sites (tertiary alicyclic amines) is 1. The number of piperidine rings is 1. The lowest BCUT2D eigenvalue weighted by Crippen LogP contribution is -2.42. The Bertz CT molecular complexity index is 1330. The van der Waals surface area contributed by atoms with E-state index in [4.69, 9.17) is 9.47 Å². The highest BCUT2D eigenvalue weighted by atomic mass is 35.5. The molecule has 0 unspecified atom stereocenters. The Kier molecular flexibility index (Phi) is 8.11. The van der Waals surface area contributed by atoms with Crippen molar-refractivity contribution in [3.63, 3.8) is 0 Å². The van der Waals surface area contributed by atoms with E-state index in [2.05, 4.69) is 15.0 Å². The molecule has 4 rings (SSSR count). The standard InChI is InChI=1S/C23H25FN4O5S.ClH/c1-14(2)32-23(29)28-10-7-15(8-11-28)33-22-18-6-9-25-20(21(18)26-13-27-22)17-5-4-16(12-19(17)24)34(3,30)31;/h4-6,9,12-15H,7-8,10-11H2,1-3H3;1H. The fourth-order valence-electron chi connectivity index (χ4n) is 3.77. The molecule has 0 aliphatic carbocycles. The largest absolute Gasteiger partial charge is 0.474 e. The van der Waals surface area contributed by atoms with Crippen molar-refractivity contribution in [2.24, 2.45) is 0 Å². The van der Waals surface area contributed by atoms with Gasteiger partial charge in [-0.3, -0.25) is 4.98 Å². The molecule has 1 fully saturated rings. The van der Waals surface area contributed by atoms with Gasteiger partial charge >= 0.3 is 6.09 Å². The number of aromatic nitrogens is 3. The van der Waals surface area contributed by atoms with Gasteiger partial charge in [0.05, 0.1) is 22.1 Å². The van der Waals surface area contributed by atoms with E-state index in [1.165, 1.54) is 24.7 Å². The first-order valence-electron chi connectivity index (χ1n) is 10.9.